The molecule has 0 bridgehead atoms. The van der Waals surface area contributed by atoms with Gasteiger partial charge in [-0.3, -0.25) is 0 Å². The molecule has 0 aliphatic carbocycles. The van der Waals surface area contributed by atoms with E-state index in [2.05, 4.69) is 20.6 Å². The van der Waals surface area contributed by atoms with Crippen LogP contribution in [0.15, 0.2) is 30.5 Å². The molecule has 2 N–H and O–H groups in total. The lowest BCUT2D eigenvalue weighted by molar-refractivity contribution is -0.137. The van der Waals surface area contributed by atoms with E-state index in [-0.39, 0.29) is 22.8 Å². The summed E-state index contributed by atoms with van der Waals surface area (Å²) in [6.07, 6.45) is -0.819. The number of nitrogens with one attached hydrogen (secondary N) is 2. The average molecular weight is 373 g/mol. The van der Waals surface area contributed by atoms with Gasteiger partial charge in [-0.1, -0.05) is 11.6 Å². The maximum Gasteiger partial charge on any atom is 0.417 e. The van der Waals surface area contributed by atoms with Crippen molar-refractivity contribution in [3.05, 3.63) is 41.0 Å². The molecule has 5 nitrogen and oxygen atoms in total. The number of rotatable bonds is 5. The number of hydrogen-bond acceptors (Lipinski definition) is 5. The predicted octanol–water partition coefficient (Wildman–Crippen LogP) is 4.48. The molecule has 3 rings (SSSR count). The molecule has 1 unspecified atom stereocenters. The smallest absolute Gasteiger partial charge is 0.376 e. The molecule has 1 atom stereocenters. The third kappa shape index (κ3) is 4.73. The van der Waals surface area contributed by atoms with Crippen molar-refractivity contribution in [3.63, 3.8) is 0 Å². The molecule has 1 aliphatic heterocycles. The first-order chi connectivity index (χ1) is 11.9. The van der Waals surface area contributed by atoms with Gasteiger partial charge in [0.15, 0.2) is 0 Å². The van der Waals surface area contributed by atoms with E-state index < -0.39 is 11.7 Å². The van der Waals surface area contributed by atoms with Gasteiger partial charge in [0, 0.05) is 25.0 Å². The van der Waals surface area contributed by atoms with Crippen molar-refractivity contribution in [2.24, 2.45) is 0 Å². The molecule has 0 saturated carbocycles. The molecule has 2 aromatic rings. The Morgan fingerprint density at radius 1 is 1.28 bits per heavy atom. The number of nitrogens with zero attached hydrogens (tertiary/aromatic N) is 2. The van der Waals surface area contributed by atoms with Gasteiger partial charge in [-0.2, -0.15) is 18.2 Å². The van der Waals surface area contributed by atoms with Crippen LogP contribution in [-0.4, -0.2) is 29.2 Å². The summed E-state index contributed by atoms with van der Waals surface area (Å²) >= 11 is 5.61. The van der Waals surface area contributed by atoms with Crippen molar-refractivity contribution in [1.82, 2.24) is 9.97 Å². The number of halogens is 4. The van der Waals surface area contributed by atoms with Crippen molar-refractivity contribution in [1.29, 1.82) is 0 Å². The molecule has 1 aromatic heterocycles. The quantitative estimate of drug-likeness (QED) is 0.810. The van der Waals surface area contributed by atoms with Crippen molar-refractivity contribution in [2.45, 2.75) is 25.1 Å². The molecule has 9 heteroatoms. The maximum atomic E-state index is 12.9. The fourth-order valence-electron chi connectivity index (χ4n) is 2.49. The minimum absolute atomic E-state index is 0.150. The van der Waals surface area contributed by atoms with E-state index in [1.807, 2.05) is 0 Å². The Bertz CT molecular complexity index is 736. The summed E-state index contributed by atoms with van der Waals surface area (Å²) < 4.78 is 44.3. The number of anilines is 3. The highest BCUT2D eigenvalue weighted by molar-refractivity contribution is 6.31. The highest BCUT2D eigenvalue weighted by Gasteiger charge is 2.33. The fraction of sp³-hybridized carbons (Fsp3) is 0.375. The summed E-state index contributed by atoms with van der Waals surface area (Å²) in [6, 6.07) is 5.24. The largest absolute Gasteiger partial charge is 0.417 e. The third-order valence-corrected chi connectivity index (χ3v) is 4.05. The zero-order chi connectivity index (χ0) is 17.9. The third-order valence-electron chi connectivity index (χ3n) is 3.72. The van der Waals surface area contributed by atoms with Gasteiger partial charge in [-0.05, 0) is 37.1 Å². The zero-order valence-corrected chi connectivity index (χ0v) is 13.9. The van der Waals surface area contributed by atoms with E-state index in [0.29, 0.717) is 12.4 Å². The lowest BCUT2D eigenvalue weighted by Gasteiger charge is -2.13. The molecular formula is C16H16ClF3N4O. The fourth-order valence-corrected chi connectivity index (χ4v) is 2.72. The number of ether oxygens (including phenoxy) is 1. The molecular weight excluding hydrogens is 357 g/mol. The molecule has 1 aliphatic rings. The number of hydrogen-bond donors (Lipinski definition) is 2. The molecule has 0 spiro atoms. The molecule has 0 radical (unpaired) electrons. The standard InChI is InChI=1S/C16H16ClF3N4O/c17-13-4-3-10(8-12(13)16(18,19)20)23-15-21-6-5-14(24-15)22-9-11-2-1-7-25-11/h3-6,8,11H,1-2,7,9H2,(H2,21,22,23,24). The lowest BCUT2D eigenvalue weighted by Crippen LogP contribution is -2.19. The second kappa shape index (κ2) is 7.45. The summed E-state index contributed by atoms with van der Waals surface area (Å²) in [7, 11) is 0. The molecule has 1 saturated heterocycles. The van der Waals surface area contributed by atoms with Gasteiger partial charge in [0.25, 0.3) is 0 Å². The summed E-state index contributed by atoms with van der Waals surface area (Å²) in [5.74, 6) is 0.755. The molecule has 0 amide bonds. The van der Waals surface area contributed by atoms with E-state index in [4.69, 9.17) is 16.3 Å². The van der Waals surface area contributed by atoms with Crippen LogP contribution in [0.4, 0.5) is 30.6 Å². The van der Waals surface area contributed by atoms with Crippen LogP contribution in [0, 0.1) is 0 Å². The summed E-state index contributed by atoms with van der Waals surface area (Å²) in [5.41, 5.74) is -0.708. The van der Waals surface area contributed by atoms with Crippen molar-refractivity contribution in [3.8, 4) is 0 Å². The average Bonchev–Trinajstić information content (AvgIpc) is 3.08. The lowest BCUT2D eigenvalue weighted by atomic mass is 10.2. The first-order valence-corrected chi connectivity index (χ1v) is 8.12. The predicted molar refractivity (Wildman–Crippen MR) is 89.2 cm³/mol. The highest BCUT2D eigenvalue weighted by Crippen LogP contribution is 2.36. The number of alkyl halides is 3. The Balaban J connectivity index is 1.69. The number of benzene rings is 1. The van der Waals surface area contributed by atoms with Crippen molar-refractivity contribution in [2.75, 3.05) is 23.8 Å². The first kappa shape index (κ1) is 17.8. The SMILES string of the molecule is FC(F)(F)c1cc(Nc2nccc(NCC3CCCO3)n2)ccc1Cl. The van der Waals surface area contributed by atoms with Crippen LogP contribution in [0.5, 0.6) is 0 Å². The van der Waals surface area contributed by atoms with Gasteiger partial charge < -0.3 is 15.4 Å². The molecule has 2 heterocycles. The molecule has 25 heavy (non-hydrogen) atoms. The van der Waals surface area contributed by atoms with Gasteiger partial charge in [-0.15, -0.1) is 0 Å². The van der Waals surface area contributed by atoms with E-state index in [9.17, 15) is 13.2 Å². The Kier molecular flexibility index (Phi) is 5.29. The van der Waals surface area contributed by atoms with Gasteiger partial charge in [0.05, 0.1) is 16.7 Å². The van der Waals surface area contributed by atoms with Crippen LogP contribution in [0.25, 0.3) is 0 Å². The molecule has 134 valence electrons. The van der Waals surface area contributed by atoms with Gasteiger partial charge >= 0.3 is 6.18 Å². The topological polar surface area (TPSA) is 59.1 Å². The van der Waals surface area contributed by atoms with Crippen LogP contribution in [0.2, 0.25) is 5.02 Å². The van der Waals surface area contributed by atoms with E-state index >= 15 is 0 Å². The minimum Gasteiger partial charge on any atom is -0.376 e. The summed E-state index contributed by atoms with van der Waals surface area (Å²) in [4.78, 5) is 8.26. The Hall–Kier alpha value is -2.06. The van der Waals surface area contributed by atoms with Gasteiger partial charge in [0.2, 0.25) is 5.95 Å². The van der Waals surface area contributed by atoms with Gasteiger partial charge in [-0.25, -0.2) is 4.98 Å². The molecule has 1 aromatic carbocycles. The van der Waals surface area contributed by atoms with Crippen LogP contribution < -0.4 is 10.6 Å². The zero-order valence-electron chi connectivity index (χ0n) is 13.1. The highest BCUT2D eigenvalue weighted by atomic mass is 35.5. The van der Waals surface area contributed by atoms with E-state index in [1.165, 1.54) is 18.3 Å². The summed E-state index contributed by atoms with van der Waals surface area (Å²) in [5, 5.41) is 5.54. The Morgan fingerprint density at radius 2 is 2.12 bits per heavy atom. The van der Waals surface area contributed by atoms with E-state index in [0.717, 1.165) is 25.5 Å². The second-order valence-corrected chi connectivity index (χ2v) is 6.01. The Morgan fingerprint density at radius 3 is 2.84 bits per heavy atom. The van der Waals surface area contributed by atoms with E-state index in [1.54, 1.807) is 6.07 Å². The van der Waals surface area contributed by atoms with Crippen molar-refractivity contribution >= 4 is 29.1 Å². The minimum atomic E-state index is -4.53. The van der Waals surface area contributed by atoms with Crippen molar-refractivity contribution < 1.29 is 17.9 Å². The van der Waals surface area contributed by atoms with Crippen LogP contribution in [0.3, 0.4) is 0 Å². The van der Waals surface area contributed by atoms with Crippen LogP contribution in [-0.2, 0) is 10.9 Å². The van der Waals surface area contributed by atoms with Crippen LogP contribution in [0.1, 0.15) is 18.4 Å². The maximum absolute atomic E-state index is 12.9. The number of aromatic nitrogens is 2. The Labute approximate surface area is 147 Å². The first-order valence-electron chi connectivity index (χ1n) is 7.74. The second-order valence-electron chi connectivity index (χ2n) is 5.60. The monoisotopic (exact) mass is 372 g/mol. The molecule has 1 fully saturated rings. The van der Waals surface area contributed by atoms with Crippen LogP contribution >= 0.6 is 11.6 Å². The normalized spacial score (nSPS) is 17.5. The summed E-state index contributed by atoms with van der Waals surface area (Å²) in [6.45, 7) is 1.39. The van der Waals surface area contributed by atoms with Gasteiger partial charge in [0.1, 0.15) is 5.82 Å².